The first-order valence-corrected chi connectivity index (χ1v) is 5.67. The van der Waals surface area contributed by atoms with E-state index in [-0.39, 0.29) is 6.61 Å². The molecule has 0 aliphatic carbocycles. The number of hydrogen-bond donors (Lipinski definition) is 3. The van der Waals surface area contributed by atoms with Gasteiger partial charge in [0.15, 0.2) is 5.95 Å². The molecule has 17 heavy (non-hydrogen) atoms. The van der Waals surface area contributed by atoms with Crippen LogP contribution in [0.3, 0.4) is 0 Å². The van der Waals surface area contributed by atoms with E-state index in [1.54, 1.807) is 0 Å². The largest absolute Gasteiger partial charge is 0.392 e. The predicted octanol–water partition coefficient (Wildman–Crippen LogP) is 2.27. The third-order valence-corrected chi connectivity index (χ3v) is 2.71. The van der Waals surface area contributed by atoms with Crippen molar-refractivity contribution in [1.82, 2.24) is 9.97 Å². The lowest BCUT2D eigenvalue weighted by Gasteiger charge is -2.06. The van der Waals surface area contributed by atoms with Crippen LogP contribution in [-0.2, 0) is 6.61 Å². The van der Waals surface area contributed by atoms with Crippen LogP contribution in [0, 0.1) is 0 Å². The summed E-state index contributed by atoms with van der Waals surface area (Å²) in [4.78, 5) is 7.40. The number of nitrogens with one attached hydrogen (secondary N) is 1. The van der Waals surface area contributed by atoms with Crippen LogP contribution >= 0.6 is 0 Å². The summed E-state index contributed by atoms with van der Waals surface area (Å²) < 4.78 is 0. The average molecular weight is 231 g/mol. The van der Waals surface area contributed by atoms with Crippen molar-refractivity contribution in [3.8, 4) is 11.3 Å². The molecule has 0 atom stereocenters. The van der Waals surface area contributed by atoms with Gasteiger partial charge in [-0.05, 0) is 17.5 Å². The van der Waals surface area contributed by atoms with Crippen molar-refractivity contribution in [1.29, 1.82) is 0 Å². The van der Waals surface area contributed by atoms with Crippen LogP contribution in [0.1, 0.15) is 31.0 Å². The normalized spacial score (nSPS) is 11.1. The smallest absolute Gasteiger partial charge is 0.198 e. The highest BCUT2D eigenvalue weighted by molar-refractivity contribution is 5.65. The van der Waals surface area contributed by atoms with Gasteiger partial charge in [0.05, 0.1) is 12.3 Å². The van der Waals surface area contributed by atoms with E-state index in [9.17, 15) is 0 Å². The Morgan fingerprint density at radius 3 is 2.82 bits per heavy atom. The molecule has 1 aromatic heterocycles. The van der Waals surface area contributed by atoms with Gasteiger partial charge < -0.3 is 15.8 Å². The number of benzene rings is 1. The second-order valence-corrected chi connectivity index (χ2v) is 4.40. The SMILES string of the molecule is CC(C)c1[nH]c(N)nc1-c1cccc(CO)c1. The first kappa shape index (κ1) is 11.7. The number of nitrogen functional groups attached to an aromatic ring is 1. The Hall–Kier alpha value is -1.81. The molecular weight excluding hydrogens is 214 g/mol. The molecular formula is C13H17N3O. The van der Waals surface area contributed by atoms with Crippen LogP contribution in [0.5, 0.6) is 0 Å². The predicted molar refractivity (Wildman–Crippen MR) is 68.4 cm³/mol. The molecule has 1 aromatic carbocycles. The zero-order valence-electron chi connectivity index (χ0n) is 10.1. The van der Waals surface area contributed by atoms with Crippen LogP contribution in [0.25, 0.3) is 11.3 Å². The number of aromatic amines is 1. The molecule has 90 valence electrons. The standard InChI is InChI=1S/C13H17N3O/c1-8(2)11-12(16-13(14)15-11)10-5-3-4-9(6-10)7-17/h3-6,8,17H,7H2,1-2H3,(H3,14,15,16). The van der Waals surface area contributed by atoms with E-state index in [1.807, 2.05) is 24.3 Å². The van der Waals surface area contributed by atoms with Gasteiger partial charge in [0, 0.05) is 11.3 Å². The molecule has 0 unspecified atom stereocenters. The van der Waals surface area contributed by atoms with Gasteiger partial charge in [-0.2, -0.15) is 0 Å². The summed E-state index contributed by atoms with van der Waals surface area (Å²) in [6.07, 6.45) is 0. The highest BCUT2D eigenvalue weighted by atomic mass is 16.3. The van der Waals surface area contributed by atoms with Crippen molar-refractivity contribution >= 4 is 5.95 Å². The van der Waals surface area contributed by atoms with E-state index in [0.717, 1.165) is 22.5 Å². The third kappa shape index (κ3) is 2.31. The highest BCUT2D eigenvalue weighted by Crippen LogP contribution is 2.28. The first-order chi connectivity index (χ1) is 8.11. The Morgan fingerprint density at radius 1 is 1.41 bits per heavy atom. The molecule has 0 bridgehead atoms. The minimum atomic E-state index is 0.0325. The third-order valence-electron chi connectivity index (χ3n) is 2.71. The number of nitrogens with zero attached hydrogens (tertiary/aromatic N) is 1. The number of imidazole rings is 1. The molecule has 0 saturated heterocycles. The summed E-state index contributed by atoms with van der Waals surface area (Å²) in [5, 5.41) is 9.14. The fraction of sp³-hybridized carbons (Fsp3) is 0.308. The number of aromatic nitrogens is 2. The van der Waals surface area contributed by atoms with Gasteiger partial charge in [-0.3, -0.25) is 0 Å². The maximum Gasteiger partial charge on any atom is 0.198 e. The molecule has 0 amide bonds. The minimum Gasteiger partial charge on any atom is -0.392 e. The monoisotopic (exact) mass is 231 g/mol. The van der Waals surface area contributed by atoms with Crippen molar-refractivity contribution in [2.24, 2.45) is 0 Å². The van der Waals surface area contributed by atoms with E-state index in [2.05, 4.69) is 23.8 Å². The molecule has 0 radical (unpaired) electrons. The zero-order chi connectivity index (χ0) is 12.4. The van der Waals surface area contributed by atoms with E-state index >= 15 is 0 Å². The van der Waals surface area contributed by atoms with Crippen molar-refractivity contribution in [3.05, 3.63) is 35.5 Å². The van der Waals surface area contributed by atoms with Crippen molar-refractivity contribution in [3.63, 3.8) is 0 Å². The van der Waals surface area contributed by atoms with Crippen LogP contribution in [0.15, 0.2) is 24.3 Å². The Bertz CT molecular complexity index is 517. The van der Waals surface area contributed by atoms with Gasteiger partial charge in [-0.15, -0.1) is 0 Å². The van der Waals surface area contributed by atoms with Crippen LogP contribution < -0.4 is 5.73 Å². The second kappa shape index (κ2) is 4.59. The quantitative estimate of drug-likeness (QED) is 0.758. The van der Waals surface area contributed by atoms with Crippen molar-refractivity contribution in [2.45, 2.75) is 26.4 Å². The Labute approximate surface area is 101 Å². The molecule has 0 spiro atoms. The average Bonchev–Trinajstić information content (AvgIpc) is 2.72. The first-order valence-electron chi connectivity index (χ1n) is 5.67. The maximum atomic E-state index is 9.14. The summed E-state index contributed by atoms with van der Waals surface area (Å²) in [6.45, 7) is 4.21. The number of aliphatic hydroxyl groups is 1. The molecule has 0 aliphatic heterocycles. The number of nitrogens with two attached hydrogens (primary N) is 1. The molecule has 0 fully saturated rings. The number of aliphatic hydroxyl groups excluding tert-OH is 1. The summed E-state index contributed by atoms with van der Waals surface area (Å²) >= 11 is 0. The molecule has 4 heteroatoms. The summed E-state index contributed by atoms with van der Waals surface area (Å²) in [7, 11) is 0. The molecule has 4 N–H and O–H groups in total. The molecule has 1 heterocycles. The highest BCUT2D eigenvalue weighted by Gasteiger charge is 2.13. The molecule has 4 nitrogen and oxygen atoms in total. The lowest BCUT2D eigenvalue weighted by Crippen LogP contribution is -1.92. The number of anilines is 1. The Kier molecular flexibility index (Phi) is 3.15. The molecule has 2 rings (SSSR count). The minimum absolute atomic E-state index is 0.0325. The Balaban J connectivity index is 2.51. The van der Waals surface area contributed by atoms with E-state index in [4.69, 9.17) is 10.8 Å². The zero-order valence-corrected chi connectivity index (χ0v) is 10.1. The van der Waals surface area contributed by atoms with Gasteiger partial charge in [-0.1, -0.05) is 32.0 Å². The van der Waals surface area contributed by atoms with Crippen molar-refractivity contribution < 1.29 is 5.11 Å². The van der Waals surface area contributed by atoms with E-state index in [1.165, 1.54) is 0 Å². The second-order valence-electron chi connectivity index (χ2n) is 4.40. The lowest BCUT2D eigenvalue weighted by molar-refractivity contribution is 0.282. The van der Waals surface area contributed by atoms with Gasteiger partial charge in [0.25, 0.3) is 0 Å². The number of rotatable bonds is 3. The van der Waals surface area contributed by atoms with E-state index in [0.29, 0.717) is 11.9 Å². The lowest BCUT2D eigenvalue weighted by atomic mass is 10.0. The summed E-state index contributed by atoms with van der Waals surface area (Å²) in [5.41, 5.74) is 9.46. The van der Waals surface area contributed by atoms with Gasteiger partial charge in [0.1, 0.15) is 0 Å². The van der Waals surface area contributed by atoms with Crippen LogP contribution in [0.4, 0.5) is 5.95 Å². The van der Waals surface area contributed by atoms with Gasteiger partial charge in [-0.25, -0.2) is 4.98 Å². The fourth-order valence-electron chi connectivity index (χ4n) is 1.86. The summed E-state index contributed by atoms with van der Waals surface area (Å²) in [6, 6.07) is 7.70. The number of H-pyrrole nitrogens is 1. The molecule has 0 saturated carbocycles. The van der Waals surface area contributed by atoms with Gasteiger partial charge >= 0.3 is 0 Å². The van der Waals surface area contributed by atoms with E-state index < -0.39 is 0 Å². The summed E-state index contributed by atoms with van der Waals surface area (Å²) in [5.74, 6) is 0.755. The molecule has 2 aromatic rings. The Morgan fingerprint density at radius 2 is 2.18 bits per heavy atom. The maximum absolute atomic E-state index is 9.14. The topological polar surface area (TPSA) is 74.9 Å². The fourth-order valence-corrected chi connectivity index (χ4v) is 1.86. The van der Waals surface area contributed by atoms with Crippen LogP contribution in [-0.4, -0.2) is 15.1 Å². The van der Waals surface area contributed by atoms with Crippen LogP contribution in [0.2, 0.25) is 0 Å². The molecule has 0 aliphatic rings. The number of hydrogen-bond acceptors (Lipinski definition) is 3. The van der Waals surface area contributed by atoms with Crippen molar-refractivity contribution in [2.75, 3.05) is 5.73 Å². The van der Waals surface area contributed by atoms with Gasteiger partial charge in [0.2, 0.25) is 0 Å².